The Hall–Kier alpha value is -2.11. The number of carbonyl (C=O) groups excluding carboxylic acids is 1. The van der Waals surface area contributed by atoms with E-state index in [4.69, 9.17) is 16.0 Å². The predicted molar refractivity (Wildman–Crippen MR) is 105 cm³/mol. The molecule has 0 aliphatic heterocycles. The van der Waals surface area contributed by atoms with Gasteiger partial charge in [-0.3, -0.25) is 4.79 Å². The third kappa shape index (κ3) is 3.84. The highest BCUT2D eigenvalue weighted by Gasteiger charge is 2.16. The quantitative estimate of drug-likeness (QED) is 0.422. The predicted octanol–water partition coefficient (Wildman–Crippen LogP) is 5.60. The van der Waals surface area contributed by atoms with Crippen molar-refractivity contribution < 1.29 is 9.21 Å². The Kier molecular flexibility index (Phi) is 5.49. The van der Waals surface area contributed by atoms with Gasteiger partial charge in [0.25, 0.3) is 5.22 Å². The van der Waals surface area contributed by atoms with Gasteiger partial charge in [0.1, 0.15) is 0 Å². The van der Waals surface area contributed by atoms with Crippen molar-refractivity contribution in [3.8, 4) is 11.5 Å². The van der Waals surface area contributed by atoms with Crippen molar-refractivity contribution in [1.29, 1.82) is 0 Å². The standard InChI is InChI=1S/C20H19ClN2O2S/c1-11-8-17(14(4)13(3)12(11)2)18(24)10-26-20-23-22-19(25-20)15-6-5-7-16(21)9-15/h5-9H,10H2,1-4H3. The van der Waals surface area contributed by atoms with Crippen LogP contribution in [0, 0.1) is 27.7 Å². The second-order valence-electron chi connectivity index (χ2n) is 6.21. The maximum absolute atomic E-state index is 12.6. The topological polar surface area (TPSA) is 56.0 Å². The fourth-order valence-electron chi connectivity index (χ4n) is 2.71. The van der Waals surface area contributed by atoms with Crippen LogP contribution in [0.15, 0.2) is 40.0 Å². The van der Waals surface area contributed by atoms with Gasteiger partial charge >= 0.3 is 0 Å². The SMILES string of the molecule is Cc1cc(C(=O)CSc2nnc(-c3cccc(Cl)c3)o2)c(C)c(C)c1C. The van der Waals surface area contributed by atoms with Gasteiger partial charge in [-0.1, -0.05) is 29.4 Å². The molecule has 3 aromatic rings. The molecule has 6 heteroatoms. The molecule has 26 heavy (non-hydrogen) atoms. The number of rotatable bonds is 5. The molecule has 1 aromatic heterocycles. The number of thioether (sulfide) groups is 1. The molecule has 0 N–H and O–H groups in total. The molecular formula is C20H19ClN2O2S. The van der Waals surface area contributed by atoms with Gasteiger partial charge in [0.2, 0.25) is 5.89 Å². The number of halogens is 1. The third-order valence-corrected chi connectivity index (χ3v) is 5.64. The number of hydrogen-bond donors (Lipinski definition) is 0. The summed E-state index contributed by atoms with van der Waals surface area (Å²) < 4.78 is 5.64. The number of aromatic nitrogens is 2. The molecule has 0 bridgehead atoms. The fraction of sp³-hybridized carbons (Fsp3) is 0.250. The lowest BCUT2D eigenvalue weighted by atomic mass is 9.93. The van der Waals surface area contributed by atoms with Crippen LogP contribution in [0.3, 0.4) is 0 Å². The first-order valence-corrected chi connectivity index (χ1v) is 9.56. The summed E-state index contributed by atoms with van der Waals surface area (Å²) in [6.07, 6.45) is 0. The van der Waals surface area contributed by atoms with Crippen molar-refractivity contribution in [2.75, 3.05) is 5.75 Å². The van der Waals surface area contributed by atoms with Crippen LogP contribution in [0.2, 0.25) is 5.02 Å². The summed E-state index contributed by atoms with van der Waals surface area (Å²) in [5.41, 5.74) is 6.07. The van der Waals surface area contributed by atoms with Crippen LogP contribution in [0.1, 0.15) is 32.6 Å². The summed E-state index contributed by atoms with van der Waals surface area (Å²) in [5.74, 6) is 0.696. The Labute approximate surface area is 162 Å². The van der Waals surface area contributed by atoms with E-state index < -0.39 is 0 Å². The number of ketones is 1. The molecule has 0 aliphatic carbocycles. The van der Waals surface area contributed by atoms with E-state index in [1.165, 1.54) is 22.9 Å². The van der Waals surface area contributed by atoms with Gasteiger partial charge in [0, 0.05) is 16.1 Å². The van der Waals surface area contributed by atoms with E-state index in [-0.39, 0.29) is 11.5 Å². The van der Waals surface area contributed by atoms with E-state index >= 15 is 0 Å². The highest BCUT2D eigenvalue weighted by molar-refractivity contribution is 7.99. The van der Waals surface area contributed by atoms with Crippen LogP contribution in [0.5, 0.6) is 0 Å². The van der Waals surface area contributed by atoms with Gasteiger partial charge in [-0.2, -0.15) is 0 Å². The lowest BCUT2D eigenvalue weighted by molar-refractivity contribution is 0.102. The molecule has 0 saturated heterocycles. The van der Waals surface area contributed by atoms with Crippen LogP contribution in [0.4, 0.5) is 0 Å². The van der Waals surface area contributed by atoms with Crippen molar-refractivity contribution in [2.24, 2.45) is 0 Å². The number of benzene rings is 2. The van der Waals surface area contributed by atoms with Crippen LogP contribution in [-0.2, 0) is 0 Å². The number of nitrogens with zero attached hydrogens (tertiary/aromatic N) is 2. The van der Waals surface area contributed by atoms with E-state index in [1.807, 2.05) is 32.0 Å². The molecule has 134 valence electrons. The normalized spacial score (nSPS) is 11.0. The van der Waals surface area contributed by atoms with Crippen molar-refractivity contribution in [3.63, 3.8) is 0 Å². The first-order valence-electron chi connectivity index (χ1n) is 8.19. The van der Waals surface area contributed by atoms with Crippen molar-refractivity contribution in [2.45, 2.75) is 32.9 Å². The lowest BCUT2D eigenvalue weighted by Gasteiger charge is -2.13. The Morgan fingerprint density at radius 2 is 1.85 bits per heavy atom. The summed E-state index contributed by atoms with van der Waals surface area (Å²) in [5, 5.41) is 9.01. The molecule has 0 amide bonds. The third-order valence-electron chi connectivity index (χ3n) is 4.59. The Balaban J connectivity index is 1.73. The lowest BCUT2D eigenvalue weighted by Crippen LogP contribution is -2.08. The molecule has 2 aromatic carbocycles. The minimum absolute atomic E-state index is 0.0567. The zero-order chi connectivity index (χ0) is 18.8. The summed E-state index contributed by atoms with van der Waals surface area (Å²) in [6.45, 7) is 8.15. The van der Waals surface area contributed by atoms with Gasteiger partial charge in [-0.25, -0.2) is 0 Å². The van der Waals surface area contributed by atoms with Crippen molar-refractivity contribution in [1.82, 2.24) is 10.2 Å². The molecule has 0 atom stereocenters. The Morgan fingerprint density at radius 1 is 1.08 bits per heavy atom. The molecule has 3 rings (SSSR count). The minimum atomic E-state index is 0.0567. The maximum atomic E-state index is 12.6. The first kappa shape index (κ1) is 18.7. The smallest absolute Gasteiger partial charge is 0.277 e. The number of aryl methyl sites for hydroxylation is 1. The average Bonchev–Trinajstić information content (AvgIpc) is 3.10. The van der Waals surface area contributed by atoms with Crippen molar-refractivity contribution in [3.05, 3.63) is 63.2 Å². The highest BCUT2D eigenvalue weighted by atomic mass is 35.5. The van der Waals surface area contributed by atoms with E-state index in [1.54, 1.807) is 12.1 Å². The summed E-state index contributed by atoms with van der Waals surface area (Å²) in [7, 11) is 0. The van der Waals surface area contributed by atoms with Gasteiger partial charge in [-0.05, 0) is 74.2 Å². The van der Waals surface area contributed by atoms with Gasteiger partial charge < -0.3 is 4.42 Å². The van der Waals surface area contributed by atoms with E-state index in [0.717, 1.165) is 22.3 Å². The monoisotopic (exact) mass is 386 g/mol. The molecule has 0 aliphatic rings. The Morgan fingerprint density at radius 3 is 2.58 bits per heavy atom. The largest absolute Gasteiger partial charge is 0.411 e. The summed E-state index contributed by atoms with van der Waals surface area (Å²) >= 11 is 7.23. The molecule has 0 fully saturated rings. The van der Waals surface area contributed by atoms with Crippen LogP contribution >= 0.6 is 23.4 Å². The van der Waals surface area contributed by atoms with E-state index in [0.29, 0.717) is 16.1 Å². The Bertz CT molecular complexity index is 982. The number of Topliss-reactive ketones (excluding diaryl/α,β-unsaturated/α-hetero) is 1. The summed E-state index contributed by atoms with van der Waals surface area (Å²) in [4.78, 5) is 12.6. The van der Waals surface area contributed by atoms with Crippen LogP contribution in [-0.4, -0.2) is 21.7 Å². The molecular weight excluding hydrogens is 368 g/mol. The molecule has 0 radical (unpaired) electrons. The summed E-state index contributed by atoms with van der Waals surface area (Å²) in [6, 6.07) is 9.18. The maximum Gasteiger partial charge on any atom is 0.277 e. The zero-order valence-corrected chi connectivity index (χ0v) is 16.7. The van der Waals surface area contributed by atoms with Crippen molar-refractivity contribution >= 4 is 29.1 Å². The van der Waals surface area contributed by atoms with Crippen LogP contribution < -0.4 is 0 Å². The van der Waals surface area contributed by atoms with Gasteiger partial charge in [-0.15, -0.1) is 10.2 Å². The minimum Gasteiger partial charge on any atom is -0.411 e. The van der Waals surface area contributed by atoms with Gasteiger partial charge in [0.15, 0.2) is 5.78 Å². The van der Waals surface area contributed by atoms with E-state index in [2.05, 4.69) is 24.0 Å². The second-order valence-corrected chi connectivity index (χ2v) is 7.57. The molecule has 0 spiro atoms. The first-order chi connectivity index (χ1) is 12.4. The van der Waals surface area contributed by atoms with Crippen LogP contribution in [0.25, 0.3) is 11.5 Å². The molecule has 0 unspecified atom stereocenters. The number of hydrogen-bond acceptors (Lipinski definition) is 5. The molecule has 1 heterocycles. The van der Waals surface area contributed by atoms with E-state index in [9.17, 15) is 4.79 Å². The average molecular weight is 387 g/mol. The molecule has 0 saturated carbocycles. The van der Waals surface area contributed by atoms with Gasteiger partial charge in [0.05, 0.1) is 5.75 Å². The zero-order valence-electron chi connectivity index (χ0n) is 15.1. The fourth-order valence-corrected chi connectivity index (χ4v) is 3.55. The second kappa shape index (κ2) is 7.64. The highest BCUT2D eigenvalue weighted by Crippen LogP contribution is 2.27. The molecule has 4 nitrogen and oxygen atoms in total. The number of carbonyl (C=O) groups is 1.